The molecule has 0 aliphatic carbocycles. The molecule has 1 fully saturated rings. The smallest absolute Gasteiger partial charge is 0.321 e. The molecule has 0 unspecified atom stereocenters. The molecule has 0 bridgehead atoms. The summed E-state index contributed by atoms with van der Waals surface area (Å²) in [7, 11) is 0. The zero-order valence-electron chi connectivity index (χ0n) is 18.1. The number of benzene rings is 1. The van der Waals surface area contributed by atoms with Gasteiger partial charge in [-0.05, 0) is 37.6 Å². The summed E-state index contributed by atoms with van der Waals surface area (Å²) in [4.78, 5) is 26.2. The molecule has 0 saturated carbocycles. The number of urea groups is 1. The third-order valence-corrected chi connectivity index (χ3v) is 5.82. The molecule has 4 rings (SSSR count). The number of fused-ring (bicyclic) bond motifs is 1. The average Bonchev–Trinajstić information content (AvgIpc) is 3.12. The van der Waals surface area contributed by atoms with Crippen LogP contribution in [0.25, 0.3) is 11.2 Å². The lowest BCUT2D eigenvalue weighted by Crippen LogP contribution is -2.50. The number of nitrogens with zero attached hydrogens (tertiary/aromatic N) is 5. The van der Waals surface area contributed by atoms with E-state index in [1.165, 1.54) is 5.56 Å². The summed E-state index contributed by atoms with van der Waals surface area (Å²) in [6, 6.07) is 10.0. The summed E-state index contributed by atoms with van der Waals surface area (Å²) in [5.74, 6) is 1.08. The van der Waals surface area contributed by atoms with Gasteiger partial charge in [0.1, 0.15) is 11.3 Å². The van der Waals surface area contributed by atoms with Crippen LogP contribution in [0.5, 0.6) is 0 Å². The molecule has 0 radical (unpaired) electrons. The van der Waals surface area contributed by atoms with Crippen molar-refractivity contribution in [1.82, 2.24) is 24.3 Å². The quantitative estimate of drug-likeness (QED) is 0.705. The van der Waals surface area contributed by atoms with Crippen molar-refractivity contribution in [3.63, 3.8) is 0 Å². The van der Waals surface area contributed by atoms with E-state index in [4.69, 9.17) is 4.98 Å². The van der Waals surface area contributed by atoms with Gasteiger partial charge in [-0.25, -0.2) is 14.8 Å². The number of carbonyl (C=O) groups excluding carboxylic acids is 1. The predicted octanol–water partition coefficient (Wildman–Crippen LogP) is 3.46. The molecule has 1 saturated heterocycles. The minimum atomic E-state index is -0.0142. The highest BCUT2D eigenvalue weighted by molar-refractivity contribution is 5.90. The number of rotatable bonds is 5. The second-order valence-electron chi connectivity index (χ2n) is 7.96. The van der Waals surface area contributed by atoms with Gasteiger partial charge in [0.05, 0.1) is 0 Å². The largest absolute Gasteiger partial charge is 0.322 e. The number of piperazine rings is 1. The fraction of sp³-hybridized carbons (Fsp3) is 0.435. The fourth-order valence-corrected chi connectivity index (χ4v) is 4.07. The Kier molecular flexibility index (Phi) is 5.99. The molecule has 0 spiro atoms. The van der Waals surface area contributed by atoms with Crippen molar-refractivity contribution in [2.24, 2.45) is 0 Å². The van der Waals surface area contributed by atoms with E-state index < -0.39 is 0 Å². The van der Waals surface area contributed by atoms with Crippen LogP contribution in [-0.2, 0) is 13.0 Å². The molecular weight excluding hydrogens is 376 g/mol. The van der Waals surface area contributed by atoms with Crippen molar-refractivity contribution in [3.8, 4) is 0 Å². The van der Waals surface area contributed by atoms with Crippen molar-refractivity contribution in [3.05, 3.63) is 53.5 Å². The predicted molar refractivity (Wildman–Crippen MR) is 120 cm³/mol. The van der Waals surface area contributed by atoms with Crippen molar-refractivity contribution < 1.29 is 4.79 Å². The maximum absolute atomic E-state index is 12.7. The highest BCUT2D eigenvalue weighted by Crippen LogP contribution is 2.17. The molecule has 3 heterocycles. The van der Waals surface area contributed by atoms with Crippen molar-refractivity contribution >= 4 is 22.9 Å². The molecule has 1 aromatic carbocycles. The van der Waals surface area contributed by atoms with E-state index in [0.29, 0.717) is 0 Å². The van der Waals surface area contributed by atoms with E-state index in [9.17, 15) is 4.79 Å². The van der Waals surface area contributed by atoms with E-state index in [1.807, 2.05) is 42.3 Å². The molecule has 3 aromatic rings. The van der Waals surface area contributed by atoms with Gasteiger partial charge in [-0.2, -0.15) is 0 Å². The Morgan fingerprint density at radius 3 is 2.63 bits per heavy atom. The van der Waals surface area contributed by atoms with Gasteiger partial charge in [-0.3, -0.25) is 4.90 Å². The normalized spacial score (nSPS) is 15.0. The maximum Gasteiger partial charge on any atom is 0.321 e. The Bertz CT molecular complexity index is 1040. The number of anilines is 1. The zero-order valence-corrected chi connectivity index (χ0v) is 18.1. The second kappa shape index (κ2) is 8.83. The Hall–Kier alpha value is -2.93. The van der Waals surface area contributed by atoms with E-state index in [0.717, 1.165) is 73.9 Å². The number of nitrogens with one attached hydrogen (secondary N) is 1. The third kappa shape index (κ3) is 4.31. The van der Waals surface area contributed by atoms with E-state index in [1.54, 1.807) is 0 Å². The summed E-state index contributed by atoms with van der Waals surface area (Å²) < 4.78 is 2.23. The van der Waals surface area contributed by atoms with Crippen LogP contribution in [0.15, 0.2) is 36.5 Å². The second-order valence-corrected chi connectivity index (χ2v) is 7.96. The Morgan fingerprint density at radius 2 is 1.90 bits per heavy atom. The SMILES string of the molecule is CCc1nc2cccnc2n1CCN1CCN(C(=O)Nc2ccc(C)cc2C)CC1. The summed E-state index contributed by atoms with van der Waals surface area (Å²) in [5, 5.41) is 3.06. The van der Waals surface area contributed by atoms with Crippen molar-refractivity contribution in [2.75, 3.05) is 38.0 Å². The Labute approximate surface area is 177 Å². The molecule has 158 valence electrons. The Balaban J connectivity index is 1.31. The molecule has 7 heteroatoms. The number of aromatic nitrogens is 3. The lowest BCUT2D eigenvalue weighted by atomic mass is 10.1. The number of pyridine rings is 1. The number of imidazole rings is 1. The standard InChI is InChI=1S/C23H30N6O/c1-4-21-25-20-6-5-9-24-22(20)29(21)15-12-27-10-13-28(14-11-27)23(30)26-19-8-7-17(2)16-18(19)3/h5-9,16H,4,10-15H2,1-3H3,(H,26,30). The van der Waals surface area contributed by atoms with Crippen molar-refractivity contribution in [1.29, 1.82) is 0 Å². The van der Waals surface area contributed by atoms with Gasteiger partial charge < -0.3 is 14.8 Å². The van der Waals surface area contributed by atoms with Crippen LogP contribution in [0.3, 0.4) is 0 Å². The van der Waals surface area contributed by atoms with Gasteiger partial charge in [0.25, 0.3) is 0 Å². The highest BCUT2D eigenvalue weighted by atomic mass is 16.2. The fourth-order valence-electron chi connectivity index (χ4n) is 4.07. The lowest BCUT2D eigenvalue weighted by molar-refractivity contribution is 0.144. The monoisotopic (exact) mass is 406 g/mol. The third-order valence-electron chi connectivity index (χ3n) is 5.82. The number of aryl methyl sites for hydroxylation is 3. The van der Waals surface area contributed by atoms with Gasteiger partial charge >= 0.3 is 6.03 Å². The minimum absolute atomic E-state index is 0.0142. The summed E-state index contributed by atoms with van der Waals surface area (Å²) in [6.45, 7) is 11.2. The molecular formula is C23H30N6O. The van der Waals surface area contributed by atoms with Gasteiger partial charge in [0.15, 0.2) is 5.65 Å². The first-order valence-corrected chi connectivity index (χ1v) is 10.7. The minimum Gasteiger partial charge on any atom is -0.322 e. The first-order valence-electron chi connectivity index (χ1n) is 10.7. The summed E-state index contributed by atoms with van der Waals surface area (Å²) >= 11 is 0. The molecule has 7 nitrogen and oxygen atoms in total. The van der Waals surface area contributed by atoms with E-state index >= 15 is 0 Å². The topological polar surface area (TPSA) is 66.3 Å². The first kappa shape index (κ1) is 20.3. The number of carbonyl (C=O) groups is 1. The van der Waals surface area contributed by atoms with Crippen LogP contribution in [0.4, 0.5) is 10.5 Å². The van der Waals surface area contributed by atoms with Crippen LogP contribution in [0.2, 0.25) is 0 Å². The van der Waals surface area contributed by atoms with Gasteiger partial charge in [0.2, 0.25) is 0 Å². The zero-order chi connectivity index (χ0) is 21.1. The molecule has 2 aromatic heterocycles. The number of hydrogen-bond donors (Lipinski definition) is 1. The van der Waals surface area contributed by atoms with Crippen molar-refractivity contribution in [2.45, 2.75) is 33.7 Å². The van der Waals surface area contributed by atoms with Crippen LogP contribution < -0.4 is 5.32 Å². The molecule has 30 heavy (non-hydrogen) atoms. The van der Waals surface area contributed by atoms with Gasteiger partial charge in [0, 0.05) is 57.6 Å². The van der Waals surface area contributed by atoms with E-state index in [2.05, 4.69) is 39.7 Å². The number of hydrogen-bond acceptors (Lipinski definition) is 4. The van der Waals surface area contributed by atoms with Crippen LogP contribution in [0, 0.1) is 13.8 Å². The average molecular weight is 407 g/mol. The van der Waals surface area contributed by atoms with Gasteiger partial charge in [-0.15, -0.1) is 0 Å². The molecule has 1 aliphatic heterocycles. The van der Waals surface area contributed by atoms with Gasteiger partial charge in [-0.1, -0.05) is 24.6 Å². The summed E-state index contributed by atoms with van der Waals surface area (Å²) in [6.07, 6.45) is 2.72. The van der Waals surface area contributed by atoms with Crippen LogP contribution in [0.1, 0.15) is 23.9 Å². The van der Waals surface area contributed by atoms with E-state index in [-0.39, 0.29) is 6.03 Å². The van der Waals surface area contributed by atoms with Crippen LogP contribution in [-0.4, -0.2) is 63.1 Å². The Morgan fingerprint density at radius 1 is 1.10 bits per heavy atom. The maximum atomic E-state index is 12.7. The first-order chi connectivity index (χ1) is 14.5. The molecule has 2 amide bonds. The molecule has 1 N–H and O–H groups in total. The molecule has 1 aliphatic rings. The number of amides is 2. The lowest BCUT2D eigenvalue weighted by Gasteiger charge is -2.34. The molecule has 0 atom stereocenters. The van der Waals surface area contributed by atoms with Crippen LogP contribution >= 0.6 is 0 Å². The summed E-state index contributed by atoms with van der Waals surface area (Å²) in [5.41, 5.74) is 5.10. The highest BCUT2D eigenvalue weighted by Gasteiger charge is 2.22.